The molecule has 0 aromatic rings. The predicted octanol–water partition coefficient (Wildman–Crippen LogP) is -0.144. The number of nitrogens with zero attached hydrogens (tertiary/aromatic N) is 1. The Hall–Kier alpha value is -0.276. The summed E-state index contributed by atoms with van der Waals surface area (Å²) in [5.74, 6) is -1.50. The molecule has 18 heteroatoms. The summed E-state index contributed by atoms with van der Waals surface area (Å²) in [5, 5.41) is 0. The highest BCUT2D eigenvalue weighted by molar-refractivity contribution is 7.90. The number of nitrogens with one attached hydrogen (secondary N) is 1. The van der Waals surface area contributed by atoms with Gasteiger partial charge in [0.05, 0.1) is 27.3 Å². The zero-order chi connectivity index (χ0) is 27.6. The molecular weight excluding hydrogens is 543 g/mol. The van der Waals surface area contributed by atoms with E-state index in [1.807, 2.05) is 4.72 Å². The maximum Gasteiger partial charge on any atom is 0.500 e. The first-order chi connectivity index (χ1) is 16.0. The highest BCUT2D eigenvalue weighted by Crippen LogP contribution is 2.45. The summed E-state index contributed by atoms with van der Waals surface area (Å²) < 4.78 is 77.2. The van der Waals surface area contributed by atoms with Gasteiger partial charge in [-0.25, -0.2) is 8.42 Å². The summed E-state index contributed by atoms with van der Waals surface area (Å²) >= 11 is 0. The Labute approximate surface area is 211 Å². The van der Waals surface area contributed by atoms with Crippen LogP contribution in [-0.2, 0) is 50.5 Å². The molecule has 0 fully saturated rings. The number of carbonyl (C=O) groups excluding carboxylic acids is 1. The Balaban J connectivity index is 5.38. The van der Waals surface area contributed by atoms with E-state index in [1.165, 1.54) is 42.7 Å². The van der Waals surface area contributed by atoms with Crippen LogP contribution in [0.4, 0.5) is 0 Å². The Kier molecular flexibility index (Phi) is 14.5. The second-order valence-electron chi connectivity index (χ2n) is 8.71. The SMILES string of the molecule is CO[Si](CCC(=O)NS(=O)(=O)CC(C[N+](C)(C)C)OP(=O)(O)CC[Si](OC)(OC)OC)(OC)OC. The van der Waals surface area contributed by atoms with Crippen molar-refractivity contribution in [3.8, 4) is 0 Å². The minimum Gasteiger partial charge on any atom is -0.377 e. The van der Waals surface area contributed by atoms with Gasteiger partial charge < -0.3 is 35.9 Å². The van der Waals surface area contributed by atoms with Gasteiger partial charge in [-0.2, -0.15) is 0 Å². The van der Waals surface area contributed by atoms with Gasteiger partial charge in [0.15, 0.2) is 0 Å². The van der Waals surface area contributed by atoms with Gasteiger partial charge in [-0.1, -0.05) is 0 Å². The molecule has 0 rings (SSSR count). The first kappa shape index (κ1) is 34.7. The van der Waals surface area contributed by atoms with Crippen LogP contribution in [0.1, 0.15) is 6.42 Å². The number of likely N-dealkylation sites (N-methyl/N-ethyl adjacent to an activating group) is 1. The number of carbonyl (C=O) groups is 1. The van der Waals surface area contributed by atoms with Crippen LogP contribution in [0.5, 0.6) is 0 Å². The summed E-state index contributed by atoms with van der Waals surface area (Å²) in [6.45, 7) is 0.0775. The predicted molar refractivity (Wildman–Crippen MR) is 132 cm³/mol. The Morgan fingerprint density at radius 2 is 1.34 bits per heavy atom. The van der Waals surface area contributed by atoms with E-state index < -0.39 is 53.0 Å². The lowest BCUT2D eigenvalue weighted by Gasteiger charge is -2.30. The number of hydrogen-bond donors (Lipinski definition) is 2. The molecule has 0 saturated carbocycles. The standard InChI is InChI=1S/C17H41N2O12PSSi2/c1-19(2,3)14-16(31-32(21,22)11-13-35(28-7,29-8)30-9)15-33(23,24)18-17(20)10-12-34(25-4,26-5)27-6/h16H,10-15H2,1-9H3,(H-,18,20,21,22)/p+1. The number of amides is 1. The lowest BCUT2D eigenvalue weighted by atomic mass is 10.3. The average molecular weight is 586 g/mol. The minimum atomic E-state index is -4.27. The second kappa shape index (κ2) is 14.6. The molecule has 210 valence electrons. The van der Waals surface area contributed by atoms with E-state index in [1.54, 1.807) is 21.1 Å². The number of quaternary nitrogens is 1. The molecule has 35 heavy (non-hydrogen) atoms. The third-order valence-corrected chi connectivity index (χ3v) is 13.6. The summed E-state index contributed by atoms with van der Waals surface area (Å²) in [5.41, 5.74) is 0. The van der Waals surface area contributed by atoms with Crippen LogP contribution < -0.4 is 4.72 Å². The van der Waals surface area contributed by atoms with E-state index in [0.29, 0.717) is 0 Å². The molecule has 1 amide bonds. The molecule has 14 nitrogen and oxygen atoms in total. The van der Waals surface area contributed by atoms with Crippen LogP contribution in [-0.4, -0.2) is 130 Å². The fourth-order valence-corrected chi connectivity index (χ4v) is 10.2. The van der Waals surface area contributed by atoms with Gasteiger partial charge in [0, 0.05) is 61.2 Å². The Morgan fingerprint density at radius 1 is 0.914 bits per heavy atom. The number of sulfonamides is 1. The first-order valence-corrected chi connectivity index (χ1v) is 17.9. The quantitative estimate of drug-likeness (QED) is 0.117. The fraction of sp³-hybridized carbons (Fsp3) is 0.941. The van der Waals surface area contributed by atoms with Crippen LogP contribution in [0.2, 0.25) is 12.1 Å². The molecule has 0 aliphatic heterocycles. The topological polar surface area (TPSA) is 165 Å². The third-order valence-electron chi connectivity index (χ3n) is 4.96. The summed E-state index contributed by atoms with van der Waals surface area (Å²) in [6, 6.07) is 0.0433. The van der Waals surface area contributed by atoms with Crippen molar-refractivity contribution in [2.75, 3.05) is 82.3 Å². The van der Waals surface area contributed by atoms with Crippen molar-refractivity contribution in [2.24, 2.45) is 0 Å². The van der Waals surface area contributed by atoms with Crippen molar-refractivity contribution < 1.29 is 58.2 Å². The highest BCUT2D eigenvalue weighted by atomic mass is 32.2. The van der Waals surface area contributed by atoms with E-state index in [4.69, 9.17) is 31.1 Å². The molecular formula is C17H42N2O12PSSi2+. The lowest BCUT2D eigenvalue weighted by molar-refractivity contribution is -0.872. The van der Waals surface area contributed by atoms with Crippen molar-refractivity contribution in [1.29, 1.82) is 0 Å². The molecule has 0 spiro atoms. The molecule has 2 atom stereocenters. The summed E-state index contributed by atoms with van der Waals surface area (Å²) in [7, 11) is -1.13. The van der Waals surface area contributed by atoms with Crippen molar-refractivity contribution in [3.05, 3.63) is 0 Å². The maximum atomic E-state index is 12.8. The molecule has 0 bridgehead atoms. The maximum absolute atomic E-state index is 12.8. The zero-order valence-corrected chi connectivity index (χ0v) is 25.8. The highest BCUT2D eigenvalue weighted by Gasteiger charge is 2.42. The van der Waals surface area contributed by atoms with E-state index in [9.17, 15) is 22.7 Å². The van der Waals surface area contributed by atoms with Gasteiger partial charge in [0.2, 0.25) is 15.9 Å². The Morgan fingerprint density at radius 3 is 1.74 bits per heavy atom. The Bertz CT molecular complexity index is 787. The molecule has 0 radical (unpaired) electrons. The van der Waals surface area contributed by atoms with Gasteiger partial charge in [0.25, 0.3) is 0 Å². The van der Waals surface area contributed by atoms with Crippen LogP contribution >= 0.6 is 7.60 Å². The number of hydrogen-bond acceptors (Lipinski definition) is 11. The number of rotatable bonds is 19. The average Bonchev–Trinajstić information content (AvgIpc) is 2.74. The smallest absolute Gasteiger partial charge is 0.377 e. The molecule has 0 heterocycles. The van der Waals surface area contributed by atoms with Crippen LogP contribution in [0.25, 0.3) is 0 Å². The van der Waals surface area contributed by atoms with Gasteiger partial charge in [-0.15, -0.1) is 0 Å². The summed E-state index contributed by atoms with van der Waals surface area (Å²) in [6.07, 6.45) is -1.78. The van der Waals surface area contributed by atoms with Crippen molar-refractivity contribution in [1.82, 2.24) is 4.72 Å². The zero-order valence-electron chi connectivity index (χ0n) is 22.1. The normalized spacial score (nSPS) is 16.1. The van der Waals surface area contributed by atoms with Gasteiger partial charge in [-0.05, 0) is 0 Å². The van der Waals surface area contributed by atoms with Crippen LogP contribution in [0.3, 0.4) is 0 Å². The first-order valence-electron chi connectivity index (χ1n) is 10.6. The van der Waals surface area contributed by atoms with Crippen molar-refractivity contribution >= 4 is 41.1 Å². The molecule has 0 aliphatic rings. The van der Waals surface area contributed by atoms with E-state index in [-0.39, 0.29) is 35.7 Å². The largest absolute Gasteiger partial charge is 0.500 e. The van der Waals surface area contributed by atoms with Gasteiger partial charge in [-0.3, -0.25) is 18.6 Å². The molecule has 2 unspecified atom stereocenters. The van der Waals surface area contributed by atoms with Crippen molar-refractivity contribution in [3.63, 3.8) is 0 Å². The summed E-state index contributed by atoms with van der Waals surface area (Å²) in [4.78, 5) is 22.7. The molecule has 0 aromatic heterocycles. The van der Waals surface area contributed by atoms with Gasteiger partial charge in [0.1, 0.15) is 18.4 Å². The molecule has 0 saturated heterocycles. The van der Waals surface area contributed by atoms with E-state index >= 15 is 0 Å². The van der Waals surface area contributed by atoms with E-state index in [2.05, 4.69) is 0 Å². The molecule has 0 aromatic carbocycles. The van der Waals surface area contributed by atoms with Crippen LogP contribution in [0, 0.1) is 0 Å². The molecule has 2 N–H and O–H groups in total. The van der Waals surface area contributed by atoms with Crippen LogP contribution in [0.15, 0.2) is 0 Å². The monoisotopic (exact) mass is 585 g/mol. The van der Waals surface area contributed by atoms with Crippen molar-refractivity contribution in [2.45, 2.75) is 24.6 Å². The second-order valence-corrected chi connectivity index (χ2v) is 18.6. The molecule has 0 aliphatic carbocycles. The van der Waals surface area contributed by atoms with Gasteiger partial charge >= 0.3 is 25.2 Å². The minimum absolute atomic E-state index is 0.0189. The fourth-order valence-electron chi connectivity index (χ4n) is 3.18. The lowest BCUT2D eigenvalue weighted by Crippen LogP contribution is -2.47. The third kappa shape index (κ3) is 13.2. The van der Waals surface area contributed by atoms with E-state index in [0.717, 1.165) is 0 Å².